The molecule has 0 radical (unpaired) electrons. The maximum atomic E-state index is 13.4. The number of carbonyl (C=O) groups excluding carboxylic acids is 2. The monoisotopic (exact) mass is 411 g/mol. The molecule has 1 aromatic carbocycles. The lowest BCUT2D eigenvalue weighted by atomic mass is 9.58. The third kappa shape index (κ3) is 2.29. The van der Waals surface area contributed by atoms with Crippen molar-refractivity contribution in [2.75, 3.05) is 14.1 Å². The molecule has 8 nitrogen and oxygen atoms in total. The molecule has 5 atom stereocenters. The molecule has 8 heteroatoms. The molecule has 0 spiro atoms. The summed E-state index contributed by atoms with van der Waals surface area (Å²) in [6.07, 6.45) is 0.601. The molecule has 1 aliphatic heterocycles. The van der Waals surface area contributed by atoms with Gasteiger partial charge in [-0.15, -0.1) is 0 Å². The fraction of sp³-hybridized carbons (Fsp3) is 0.455. The van der Waals surface area contributed by atoms with Gasteiger partial charge in [0, 0.05) is 12.1 Å². The van der Waals surface area contributed by atoms with E-state index in [2.05, 4.69) is 0 Å². The van der Waals surface area contributed by atoms with Crippen molar-refractivity contribution >= 4 is 11.7 Å². The minimum absolute atomic E-state index is 0.0152. The third-order valence-corrected chi connectivity index (χ3v) is 7.17. The van der Waals surface area contributed by atoms with Crippen LogP contribution in [-0.4, -0.2) is 53.0 Å². The molecule has 0 aromatic heterocycles. The van der Waals surface area contributed by atoms with Gasteiger partial charge in [0.2, 0.25) is 0 Å². The minimum atomic E-state index is -0.709. The fourth-order valence-corrected chi connectivity index (χ4v) is 6.00. The summed E-state index contributed by atoms with van der Waals surface area (Å²) in [5.74, 6) is -0.759. The molecule has 5 rings (SSSR count). The van der Waals surface area contributed by atoms with Crippen LogP contribution < -0.4 is 11.5 Å². The number of ether oxygens (including phenoxy) is 1. The first-order chi connectivity index (χ1) is 14.3. The number of amides is 1. The van der Waals surface area contributed by atoms with E-state index < -0.39 is 12.0 Å². The summed E-state index contributed by atoms with van der Waals surface area (Å²) in [7, 11) is 3.70. The van der Waals surface area contributed by atoms with E-state index in [0.717, 1.165) is 11.1 Å². The van der Waals surface area contributed by atoms with Crippen molar-refractivity contribution in [3.05, 3.63) is 51.5 Å². The van der Waals surface area contributed by atoms with E-state index in [1.165, 1.54) is 6.07 Å². The number of nitrogens with two attached hydrogens (primary N) is 2. The highest BCUT2D eigenvalue weighted by atomic mass is 16.5. The molecule has 3 aliphatic carbocycles. The predicted molar refractivity (Wildman–Crippen MR) is 107 cm³/mol. The fourth-order valence-electron chi connectivity index (χ4n) is 6.00. The second kappa shape index (κ2) is 6.33. The highest BCUT2D eigenvalue weighted by Gasteiger charge is 2.61. The van der Waals surface area contributed by atoms with E-state index in [4.69, 9.17) is 16.2 Å². The summed E-state index contributed by atoms with van der Waals surface area (Å²) in [5, 5.41) is 21.3. The highest BCUT2D eigenvalue weighted by molar-refractivity contribution is 6.13. The number of benzene rings is 1. The average Bonchev–Trinajstić information content (AvgIpc) is 2.64. The predicted octanol–water partition coefficient (Wildman–Crippen LogP) is 0.736. The van der Waals surface area contributed by atoms with Crippen LogP contribution in [0.3, 0.4) is 0 Å². The van der Waals surface area contributed by atoms with Crippen molar-refractivity contribution in [3.63, 3.8) is 0 Å². The van der Waals surface area contributed by atoms with Gasteiger partial charge in [0.15, 0.2) is 5.78 Å². The molecule has 1 heterocycles. The zero-order chi connectivity index (χ0) is 21.5. The number of aliphatic hydroxyl groups excluding tert-OH is 1. The normalized spacial score (nSPS) is 31.6. The van der Waals surface area contributed by atoms with Crippen LogP contribution >= 0.6 is 0 Å². The third-order valence-electron chi connectivity index (χ3n) is 7.17. The number of phenols is 1. The van der Waals surface area contributed by atoms with Crippen molar-refractivity contribution in [2.24, 2.45) is 29.2 Å². The van der Waals surface area contributed by atoms with Crippen LogP contribution in [0.4, 0.5) is 0 Å². The number of likely N-dealkylation sites (N-methyl/N-ethyl adjacent to an activating group) is 1. The van der Waals surface area contributed by atoms with E-state index in [1.54, 1.807) is 6.07 Å². The molecule has 1 aromatic rings. The SMILES string of the molecule is CN(C)[C@@H]1C(O)=C(C(N)=O)C2OC3=C4C(=O)c5c(O)ccc(CN)c5CC4CC1C32. The van der Waals surface area contributed by atoms with Gasteiger partial charge in [-0.1, -0.05) is 6.07 Å². The zero-order valence-corrected chi connectivity index (χ0v) is 16.9. The Bertz CT molecular complexity index is 1060. The van der Waals surface area contributed by atoms with E-state index in [9.17, 15) is 19.8 Å². The smallest absolute Gasteiger partial charge is 0.251 e. The molecule has 0 saturated carbocycles. The van der Waals surface area contributed by atoms with E-state index >= 15 is 0 Å². The molecule has 4 unspecified atom stereocenters. The molecule has 6 N–H and O–H groups in total. The Balaban J connectivity index is 1.66. The van der Waals surface area contributed by atoms with E-state index in [-0.39, 0.29) is 53.2 Å². The minimum Gasteiger partial charge on any atom is -0.510 e. The number of ketones is 1. The maximum Gasteiger partial charge on any atom is 0.251 e. The van der Waals surface area contributed by atoms with Gasteiger partial charge in [-0.3, -0.25) is 14.5 Å². The first-order valence-electron chi connectivity index (χ1n) is 10.1. The van der Waals surface area contributed by atoms with Gasteiger partial charge in [0.1, 0.15) is 23.4 Å². The van der Waals surface area contributed by atoms with E-state index in [1.807, 2.05) is 19.0 Å². The molecule has 1 saturated heterocycles. The first-order valence-corrected chi connectivity index (χ1v) is 10.1. The van der Waals surface area contributed by atoms with Crippen LogP contribution in [0.25, 0.3) is 0 Å². The zero-order valence-electron chi connectivity index (χ0n) is 16.9. The van der Waals surface area contributed by atoms with Crippen LogP contribution in [0, 0.1) is 17.8 Å². The number of Topliss-reactive ketones (excluding diaryl/α,β-unsaturated/α-hetero) is 1. The number of rotatable bonds is 3. The van der Waals surface area contributed by atoms with Gasteiger partial charge in [-0.05, 0) is 56.0 Å². The Morgan fingerprint density at radius 3 is 2.67 bits per heavy atom. The van der Waals surface area contributed by atoms with Gasteiger partial charge in [-0.2, -0.15) is 0 Å². The lowest BCUT2D eigenvalue weighted by Crippen LogP contribution is -2.60. The molecule has 1 amide bonds. The summed E-state index contributed by atoms with van der Waals surface area (Å²) in [6, 6.07) is 2.89. The topological polar surface area (TPSA) is 139 Å². The number of hydrogen-bond acceptors (Lipinski definition) is 7. The Kier molecular flexibility index (Phi) is 4.04. The Morgan fingerprint density at radius 2 is 2.03 bits per heavy atom. The molecule has 4 aliphatic rings. The number of allylic oxidation sites excluding steroid dienone is 1. The first kappa shape index (κ1) is 19.1. The van der Waals surface area contributed by atoms with Gasteiger partial charge in [0.05, 0.1) is 23.1 Å². The summed E-state index contributed by atoms with van der Waals surface area (Å²) >= 11 is 0. The maximum absolute atomic E-state index is 13.4. The molecule has 30 heavy (non-hydrogen) atoms. The number of phenolic OH excluding ortho intramolecular Hbond substituents is 1. The van der Waals surface area contributed by atoms with Crippen LogP contribution in [0.2, 0.25) is 0 Å². The average molecular weight is 411 g/mol. The molecule has 158 valence electrons. The Hall–Kier alpha value is -2.84. The lowest BCUT2D eigenvalue weighted by molar-refractivity contribution is -0.126. The van der Waals surface area contributed by atoms with Gasteiger partial charge in [0.25, 0.3) is 5.91 Å². The highest BCUT2D eigenvalue weighted by Crippen LogP contribution is 2.58. The van der Waals surface area contributed by atoms with Gasteiger partial charge < -0.3 is 26.4 Å². The van der Waals surface area contributed by atoms with Gasteiger partial charge in [-0.25, -0.2) is 0 Å². The van der Waals surface area contributed by atoms with E-state index in [0.29, 0.717) is 29.7 Å². The van der Waals surface area contributed by atoms with Crippen LogP contribution in [0.5, 0.6) is 5.75 Å². The molecule has 1 fully saturated rings. The van der Waals surface area contributed by atoms with Crippen LogP contribution in [0.15, 0.2) is 34.8 Å². The number of carbonyl (C=O) groups is 2. The Morgan fingerprint density at radius 1 is 1.30 bits per heavy atom. The quantitative estimate of drug-likeness (QED) is 0.575. The number of fused-ring (bicyclic) bond motifs is 2. The summed E-state index contributed by atoms with van der Waals surface area (Å²) in [4.78, 5) is 27.4. The Labute approximate surface area is 173 Å². The van der Waals surface area contributed by atoms with Crippen molar-refractivity contribution in [1.82, 2.24) is 4.90 Å². The number of nitrogens with zero attached hydrogens (tertiary/aromatic N) is 1. The number of primary amides is 1. The largest absolute Gasteiger partial charge is 0.510 e. The van der Waals surface area contributed by atoms with Crippen LogP contribution in [-0.2, 0) is 22.5 Å². The summed E-state index contributed by atoms with van der Waals surface area (Å²) < 4.78 is 5.95. The van der Waals surface area contributed by atoms with Crippen molar-refractivity contribution in [2.45, 2.75) is 31.5 Å². The standard InChI is InChI=1S/C22H25N3O5/c1-25(2)17-11-6-9-5-10-8(7-23)3-4-12(26)14(10)18(27)13(9)20-15(11)21(30-20)16(19(17)28)22(24)29/h3-4,9,11,15,17,21,26,28H,5-7,23H2,1-2H3,(H2,24,29)/t9?,11?,15?,17-,21?/m0/s1. The number of aliphatic hydroxyl groups is 1. The second-order valence-corrected chi connectivity index (χ2v) is 8.84. The lowest BCUT2D eigenvalue weighted by Gasteiger charge is -2.56. The number of aromatic hydroxyl groups is 1. The van der Waals surface area contributed by atoms with Crippen molar-refractivity contribution in [1.29, 1.82) is 0 Å². The molecule has 0 bridgehead atoms. The van der Waals surface area contributed by atoms with Crippen molar-refractivity contribution in [3.8, 4) is 5.75 Å². The van der Waals surface area contributed by atoms with Crippen molar-refractivity contribution < 1.29 is 24.5 Å². The second-order valence-electron chi connectivity index (χ2n) is 8.84. The molecular formula is C22H25N3O5. The number of hydrogen-bond donors (Lipinski definition) is 4. The molecular weight excluding hydrogens is 386 g/mol. The van der Waals surface area contributed by atoms with Gasteiger partial charge >= 0.3 is 0 Å². The summed E-state index contributed by atoms with van der Waals surface area (Å²) in [6.45, 7) is 0.283. The summed E-state index contributed by atoms with van der Waals surface area (Å²) in [5.41, 5.74) is 14.0. The van der Waals surface area contributed by atoms with Crippen LogP contribution in [0.1, 0.15) is 27.9 Å².